The highest BCUT2D eigenvalue weighted by atomic mass is 35.5. The van der Waals surface area contributed by atoms with Gasteiger partial charge in [0.15, 0.2) is 0 Å². The molecule has 2 aromatic rings. The molecule has 0 aromatic heterocycles. The molecule has 1 aliphatic rings. The van der Waals surface area contributed by atoms with E-state index in [1.165, 1.54) is 12.1 Å². The van der Waals surface area contributed by atoms with E-state index in [4.69, 9.17) is 11.6 Å². The van der Waals surface area contributed by atoms with E-state index in [0.29, 0.717) is 30.0 Å². The topological polar surface area (TPSA) is 61.4 Å². The lowest BCUT2D eigenvalue weighted by molar-refractivity contribution is -0.137. The van der Waals surface area contributed by atoms with E-state index in [9.17, 15) is 22.8 Å². The second-order valence-electron chi connectivity index (χ2n) is 6.79. The van der Waals surface area contributed by atoms with E-state index in [1.54, 1.807) is 29.2 Å². The lowest BCUT2D eigenvalue weighted by Gasteiger charge is -2.32. The number of piperidine rings is 1. The van der Waals surface area contributed by atoms with E-state index < -0.39 is 17.7 Å². The number of nitrogens with zero attached hydrogens (tertiary/aromatic N) is 1. The van der Waals surface area contributed by atoms with Crippen molar-refractivity contribution in [3.63, 3.8) is 0 Å². The third-order valence-electron chi connectivity index (χ3n) is 4.69. The van der Waals surface area contributed by atoms with E-state index in [-0.39, 0.29) is 24.0 Å². The van der Waals surface area contributed by atoms with Crippen LogP contribution in [0.4, 0.5) is 18.9 Å². The monoisotopic (exact) mass is 425 g/mol. The Balaban J connectivity index is 1.58. The first kappa shape index (κ1) is 21.0. The van der Waals surface area contributed by atoms with Gasteiger partial charge in [0.05, 0.1) is 17.2 Å². The van der Waals surface area contributed by atoms with E-state index in [2.05, 4.69) is 10.9 Å². The van der Waals surface area contributed by atoms with Crippen molar-refractivity contribution < 1.29 is 22.8 Å². The summed E-state index contributed by atoms with van der Waals surface area (Å²) < 4.78 is 38.3. The van der Waals surface area contributed by atoms with Crippen molar-refractivity contribution in [2.75, 3.05) is 18.5 Å². The second-order valence-corrected chi connectivity index (χ2v) is 7.23. The molecule has 29 heavy (non-hydrogen) atoms. The first-order valence-electron chi connectivity index (χ1n) is 9.02. The van der Waals surface area contributed by atoms with Crippen LogP contribution in [0.1, 0.15) is 28.8 Å². The van der Waals surface area contributed by atoms with Crippen LogP contribution in [0.2, 0.25) is 5.02 Å². The van der Waals surface area contributed by atoms with Crippen LogP contribution in [0.15, 0.2) is 48.5 Å². The normalized spacial score (nSPS) is 17.0. The molecule has 0 bridgehead atoms. The van der Waals surface area contributed by atoms with E-state index in [1.807, 2.05) is 0 Å². The number of hydrogen-bond donors (Lipinski definition) is 2. The predicted molar refractivity (Wildman–Crippen MR) is 103 cm³/mol. The highest BCUT2D eigenvalue weighted by Gasteiger charge is 2.31. The van der Waals surface area contributed by atoms with Gasteiger partial charge in [0.2, 0.25) is 5.91 Å². The number of alkyl halides is 3. The van der Waals surface area contributed by atoms with Gasteiger partial charge in [0.1, 0.15) is 0 Å². The molecule has 2 aromatic carbocycles. The van der Waals surface area contributed by atoms with Crippen LogP contribution in [-0.2, 0) is 11.0 Å². The molecule has 2 amide bonds. The average molecular weight is 426 g/mol. The number of anilines is 1. The number of likely N-dealkylation sites (tertiary alicyclic amines) is 1. The fraction of sp³-hybridized carbons (Fsp3) is 0.300. The number of benzene rings is 2. The molecule has 1 atom stereocenters. The Morgan fingerprint density at radius 2 is 1.83 bits per heavy atom. The number of hydrogen-bond acceptors (Lipinski definition) is 3. The largest absolute Gasteiger partial charge is 0.416 e. The highest BCUT2D eigenvalue weighted by molar-refractivity contribution is 6.30. The zero-order chi connectivity index (χ0) is 21.0. The lowest BCUT2D eigenvalue weighted by atomic mass is 9.96. The Labute approximate surface area is 170 Å². The quantitative estimate of drug-likeness (QED) is 0.716. The van der Waals surface area contributed by atoms with Crippen molar-refractivity contribution in [1.29, 1.82) is 0 Å². The molecule has 1 unspecified atom stereocenters. The minimum absolute atomic E-state index is 0.123. The highest BCUT2D eigenvalue weighted by Crippen LogP contribution is 2.30. The fourth-order valence-electron chi connectivity index (χ4n) is 3.16. The van der Waals surface area contributed by atoms with Crippen molar-refractivity contribution >= 4 is 29.1 Å². The summed E-state index contributed by atoms with van der Waals surface area (Å²) in [5, 5.41) is 0.526. The molecule has 0 spiro atoms. The van der Waals surface area contributed by atoms with Crippen LogP contribution in [-0.4, -0.2) is 29.8 Å². The summed E-state index contributed by atoms with van der Waals surface area (Å²) in [4.78, 5) is 26.7. The molecule has 2 N–H and O–H groups in total. The molecular weight excluding hydrogens is 407 g/mol. The molecule has 3 rings (SSSR count). The maximum absolute atomic E-state index is 12.8. The van der Waals surface area contributed by atoms with Gasteiger partial charge in [-0.25, -0.2) is 0 Å². The van der Waals surface area contributed by atoms with Crippen molar-refractivity contribution in [1.82, 2.24) is 10.3 Å². The van der Waals surface area contributed by atoms with Crippen molar-refractivity contribution in [2.45, 2.75) is 19.0 Å². The van der Waals surface area contributed by atoms with Crippen LogP contribution in [0.5, 0.6) is 0 Å². The van der Waals surface area contributed by atoms with Crippen LogP contribution >= 0.6 is 11.6 Å². The maximum Gasteiger partial charge on any atom is 0.416 e. The third kappa shape index (κ3) is 5.41. The van der Waals surface area contributed by atoms with Gasteiger partial charge >= 0.3 is 6.18 Å². The Morgan fingerprint density at radius 3 is 2.52 bits per heavy atom. The summed E-state index contributed by atoms with van der Waals surface area (Å²) >= 11 is 5.84. The number of nitrogens with one attached hydrogen (secondary N) is 2. The fourth-order valence-corrected chi connectivity index (χ4v) is 3.29. The number of carbonyl (C=O) groups excluding carboxylic acids is 2. The molecule has 1 aliphatic heterocycles. The predicted octanol–water partition coefficient (Wildman–Crippen LogP) is 4.35. The molecule has 0 aliphatic carbocycles. The summed E-state index contributed by atoms with van der Waals surface area (Å²) in [5.74, 6) is -1.03. The lowest BCUT2D eigenvalue weighted by Crippen LogP contribution is -2.46. The van der Waals surface area contributed by atoms with Gasteiger partial charge in [-0.2, -0.15) is 13.2 Å². The van der Waals surface area contributed by atoms with Crippen LogP contribution in [0.25, 0.3) is 0 Å². The molecular formula is C20H19ClF3N3O2. The molecule has 0 radical (unpaired) electrons. The maximum atomic E-state index is 12.8. The number of amides is 2. The van der Waals surface area contributed by atoms with Gasteiger partial charge in [-0.3, -0.25) is 20.4 Å². The Kier molecular flexibility index (Phi) is 6.32. The van der Waals surface area contributed by atoms with Gasteiger partial charge in [0, 0.05) is 23.7 Å². The van der Waals surface area contributed by atoms with Gasteiger partial charge in [0.25, 0.3) is 5.91 Å². The van der Waals surface area contributed by atoms with Crippen molar-refractivity contribution in [3.05, 3.63) is 64.7 Å². The van der Waals surface area contributed by atoms with Gasteiger partial charge in [-0.05, 0) is 55.3 Å². The Hall–Kier alpha value is -2.74. The first-order valence-corrected chi connectivity index (χ1v) is 9.40. The summed E-state index contributed by atoms with van der Waals surface area (Å²) in [5.41, 5.74) is 4.76. The first-order chi connectivity index (χ1) is 13.7. The van der Waals surface area contributed by atoms with Gasteiger partial charge in [-0.15, -0.1) is 0 Å². The van der Waals surface area contributed by atoms with Crippen LogP contribution < -0.4 is 10.9 Å². The Morgan fingerprint density at radius 1 is 1.10 bits per heavy atom. The van der Waals surface area contributed by atoms with Crippen molar-refractivity contribution in [2.24, 2.45) is 5.92 Å². The van der Waals surface area contributed by atoms with Crippen LogP contribution in [0, 0.1) is 5.92 Å². The van der Waals surface area contributed by atoms with Crippen LogP contribution in [0.3, 0.4) is 0 Å². The average Bonchev–Trinajstić information content (AvgIpc) is 2.72. The zero-order valence-corrected chi connectivity index (χ0v) is 16.1. The van der Waals surface area contributed by atoms with E-state index in [0.717, 1.165) is 12.1 Å². The molecule has 0 saturated carbocycles. The summed E-state index contributed by atoms with van der Waals surface area (Å²) in [6.07, 6.45) is -3.23. The molecule has 1 fully saturated rings. The van der Waals surface area contributed by atoms with E-state index >= 15 is 0 Å². The third-order valence-corrected chi connectivity index (χ3v) is 4.94. The summed E-state index contributed by atoms with van der Waals surface area (Å²) in [6.45, 7) is 0.768. The Bertz CT molecular complexity index is 887. The number of rotatable bonds is 4. The molecule has 1 saturated heterocycles. The van der Waals surface area contributed by atoms with Crippen molar-refractivity contribution in [3.8, 4) is 0 Å². The standard InChI is InChI=1S/C20H19ClF3N3O2/c21-16-8-6-13(7-9-16)19(29)27-10-2-3-14(12-27)18(28)26-25-17-5-1-4-15(11-17)20(22,23)24/h1,4-9,11,14,25H,2-3,10,12H2,(H,26,28). The smallest absolute Gasteiger partial charge is 0.338 e. The molecule has 1 heterocycles. The molecule has 5 nitrogen and oxygen atoms in total. The molecule has 154 valence electrons. The van der Waals surface area contributed by atoms with Gasteiger partial charge < -0.3 is 4.90 Å². The summed E-state index contributed by atoms with van der Waals surface area (Å²) in [6, 6.07) is 11.1. The molecule has 9 heteroatoms. The number of hydrazine groups is 1. The summed E-state index contributed by atoms with van der Waals surface area (Å²) in [7, 11) is 0. The number of halogens is 4. The second kappa shape index (κ2) is 8.73. The minimum atomic E-state index is -4.46. The van der Waals surface area contributed by atoms with Gasteiger partial charge in [-0.1, -0.05) is 17.7 Å². The zero-order valence-electron chi connectivity index (χ0n) is 15.3. The SMILES string of the molecule is O=C(NNc1cccc(C(F)(F)F)c1)C1CCCN(C(=O)c2ccc(Cl)cc2)C1. The minimum Gasteiger partial charge on any atom is -0.338 e. The number of carbonyl (C=O) groups is 2.